The first-order valence-electron chi connectivity index (χ1n) is 9.27. The van der Waals surface area contributed by atoms with E-state index in [4.69, 9.17) is 9.47 Å². The van der Waals surface area contributed by atoms with E-state index in [0.29, 0.717) is 30.9 Å². The summed E-state index contributed by atoms with van der Waals surface area (Å²) in [5, 5.41) is 14.5. The molecule has 2 aromatic carbocycles. The first-order chi connectivity index (χ1) is 13.7. The Bertz CT molecular complexity index is 810. The Morgan fingerprint density at radius 3 is 2.50 bits per heavy atom. The van der Waals surface area contributed by atoms with Crippen LogP contribution in [-0.4, -0.2) is 36.9 Å². The summed E-state index contributed by atoms with van der Waals surface area (Å²) >= 11 is 0. The number of ether oxygens (including phenoxy) is 2. The van der Waals surface area contributed by atoms with E-state index in [-0.39, 0.29) is 25.9 Å². The summed E-state index contributed by atoms with van der Waals surface area (Å²) in [4.78, 5) is 24.0. The van der Waals surface area contributed by atoms with Crippen molar-refractivity contribution in [3.8, 4) is 11.5 Å². The van der Waals surface area contributed by atoms with E-state index in [1.807, 2.05) is 36.4 Å². The van der Waals surface area contributed by atoms with Crippen LogP contribution in [0, 0.1) is 0 Å². The van der Waals surface area contributed by atoms with Gasteiger partial charge in [0.2, 0.25) is 6.79 Å². The number of aliphatic hydroxyl groups is 1. The summed E-state index contributed by atoms with van der Waals surface area (Å²) in [6.07, 6.45) is 1.25. The minimum absolute atomic E-state index is 0.0729. The Labute approximate surface area is 163 Å². The molecule has 7 nitrogen and oxygen atoms in total. The van der Waals surface area contributed by atoms with Gasteiger partial charge in [-0.1, -0.05) is 36.4 Å². The number of rotatable bonds is 8. The SMILES string of the molecule is O=C(NCC[C@H](CCO)c1ccccc1)C(=O)NCc1ccc2c(c1)OCO2. The second-order valence-corrected chi connectivity index (χ2v) is 6.53. The van der Waals surface area contributed by atoms with Gasteiger partial charge in [-0.05, 0) is 42.0 Å². The van der Waals surface area contributed by atoms with Crippen molar-refractivity contribution < 1.29 is 24.2 Å². The molecule has 0 spiro atoms. The van der Waals surface area contributed by atoms with Gasteiger partial charge in [-0.2, -0.15) is 0 Å². The lowest BCUT2D eigenvalue weighted by Crippen LogP contribution is -2.40. The van der Waals surface area contributed by atoms with Gasteiger partial charge in [0, 0.05) is 19.7 Å². The molecule has 0 saturated heterocycles. The minimum atomic E-state index is -0.684. The predicted octanol–water partition coefficient (Wildman–Crippen LogP) is 1.70. The van der Waals surface area contributed by atoms with Crippen LogP contribution in [0.2, 0.25) is 0 Å². The third-order valence-corrected chi connectivity index (χ3v) is 4.62. The molecule has 0 unspecified atom stereocenters. The molecule has 2 amide bonds. The largest absolute Gasteiger partial charge is 0.454 e. The number of hydrogen-bond acceptors (Lipinski definition) is 5. The molecule has 7 heteroatoms. The van der Waals surface area contributed by atoms with Crippen molar-refractivity contribution in [3.63, 3.8) is 0 Å². The number of carbonyl (C=O) groups excluding carboxylic acids is 2. The zero-order valence-corrected chi connectivity index (χ0v) is 15.5. The number of hydrogen-bond donors (Lipinski definition) is 3. The molecule has 1 heterocycles. The van der Waals surface area contributed by atoms with Crippen molar-refractivity contribution in [2.75, 3.05) is 19.9 Å². The highest BCUT2D eigenvalue weighted by molar-refractivity contribution is 6.35. The first kappa shape index (κ1) is 19.7. The van der Waals surface area contributed by atoms with Crippen LogP contribution in [-0.2, 0) is 16.1 Å². The second-order valence-electron chi connectivity index (χ2n) is 6.53. The molecule has 1 atom stereocenters. The molecular weight excluding hydrogens is 360 g/mol. The number of carbonyl (C=O) groups is 2. The van der Waals surface area contributed by atoms with Gasteiger partial charge < -0.3 is 25.2 Å². The molecule has 0 fully saturated rings. The number of benzene rings is 2. The van der Waals surface area contributed by atoms with Gasteiger partial charge in [0.15, 0.2) is 11.5 Å². The van der Waals surface area contributed by atoms with E-state index in [0.717, 1.165) is 11.1 Å². The van der Waals surface area contributed by atoms with Crippen LogP contribution in [0.1, 0.15) is 29.9 Å². The van der Waals surface area contributed by atoms with Gasteiger partial charge in [-0.3, -0.25) is 9.59 Å². The Morgan fingerprint density at radius 2 is 1.71 bits per heavy atom. The average Bonchev–Trinajstić information content (AvgIpc) is 3.19. The topological polar surface area (TPSA) is 96.9 Å². The maximum atomic E-state index is 12.0. The molecule has 0 radical (unpaired) electrons. The number of amides is 2. The highest BCUT2D eigenvalue weighted by Crippen LogP contribution is 2.32. The number of nitrogens with one attached hydrogen (secondary N) is 2. The van der Waals surface area contributed by atoms with E-state index in [2.05, 4.69) is 10.6 Å². The number of aliphatic hydroxyl groups excluding tert-OH is 1. The molecular formula is C21H24N2O5. The lowest BCUT2D eigenvalue weighted by molar-refractivity contribution is -0.139. The fourth-order valence-corrected chi connectivity index (χ4v) is 3.11. The van der Waals surface area contributed by atoms with E-state index >= 15 is 0 Å². The summed E-state index contributed by atoms with van der Waals surface area (Å²) in [7, 11) is 0. The monoisotopic (exact) mass is 384 g/mol. The van der Waals surface area contributed by atoms with Gasteiger partial charge in [-0.15, -0.1) is 0 Å². The van der Waals surface area contributed by atoms with E-state index < -0.39 is 11.8 Å². The third-order valence-electron chi connectivity index (χ3n) is 4.62. The third kappa shape index (κ3) is 5.23. The van der Waals surface area contributed by atoms with Crippen LogP contribution >= 0.6 is 0 Å². The van der Waals surface area contributed by atoms with Crippen molar-refractivity contribution in [3.05, 3.63) is 59.7 Å². The Kier molecular flexibility index (Phi) is 6.86. The average molecular weight is 384 g/mol. The minimum Gasteiger partial charge on any atom is -0.454 e. The van der Waals surface area contributed by atoms with Crippen molar-refractivity contribution in [2.45, 2.75) is 25.3 Å². The van der Waals surface area contributed by atoms with Crippen LogP contribution in [0.4, 0.5) is 0 Å². The molecule has 0 bridgehead atoms. The molecule has 0 saturated carbocycles. The van der Waals surface area contributed by atoms with Gasteiger partial charge in [0.25, 0.3) is 0 Å². The van der Waals surface area contributed by atoms with Gasteiger partial charge in [0.1, 0.15) is 0 Å². The van der Waals surface area contributed by atoms with Crippen LogP contribution in [0.25, 0.3) is 0 Å². The highest BCUT2D eigenvalue weighted by atomic mass is 16.7. The molecule has 1 aliphatic rings. The van der Waals surface area contributed by atoms with Crippen molar-refractivity contribution in [1.82, 2.24) is 10.6 Å². The van der Waals surface area contributed by atoms with Crippen LogP contribution < -0.4 is 20.1 Å². The van der Waals surface area contributed by atoms with Crippen LogP contribution in [0.5, 0.6) is 11.5 Å². The standard InChI is InChI=1S/C21H24N2O5/c24-11-9-17(16-4-2-1-3-5-16)8-10-22-20(25)21(26)23-13-15-6-7-18-19(12-15)28-14-27-18/h1-7,12,17,24H,8-11,13-14H2,(H,22,25)(H,23,26)/t17-/m1/s1. The molecule has 0 aromatic heterocycles. The maximum absolute atomic E-state index is 12.0. The zero-order valence-electron chi connectivity index (χ0n) is 15.5. The summed E-state index contributed by atoms with van der Waals surface area (Å²) in [5.41, 5.74) is 1.93. The normalized spacial score (nSPS) is 13.0. The summed E-state index contributed by atoms with van der Waals surface area (Å²) in [6.45, 7) is 0.840. The van der Waals surface area contributed by atoms with E-state index in [9.17, 15) is 14.7 Å². The molecule has 3 N–H and O–H groups in total. The fourth-order valence-electron chi connectivity index (χ4n) is 3.11. The summed E-state index contributed by atoms with van der Waals surface area (Å²) in [6, 6.07) is 15.2. The van der Waals surface area contributed by atoms with Gasteiger partial charge >= 0.3 is 11.8 Å². The molecule has 3 rings (SSSR count). The van der Waals surface area contributed by atoms with Crippen LogP contribution in [0.3, 0.4) is 0 Å². The quantitative estimate of drug-likeness (QED) is 0.602. The molecule has 1 aliphatic heterocycles. The Hall–Kier alpha value is -3.06. The zero-order chi connectivity index (χ0) is 19.8. The Balaban J connectivity index is 1.43. The van der Waals surface area contributed by atoms with Gasteiger partial charge in [-0.25, -0.2) is 0 Å². The molecule has 2 aromatic rings. The first-order valence-corrected chi connectivity index (χ1v) is 9.27. The summed E-state index contributed by atoms with van der Waals surface area (Å²) < 4.78 is 10.5. The molecule has 28 heavy (non-hydrogen) atoms. The second kappa shape index (κ2) is 9.75. The highest BCUT2D eigenvalue weighted by Gasteiger charge is 2.17. The number of fused-ring (bicyclic) bond motifs is 1. The van der Waals surface area contributed by atoms with Crippen LogP contribution in [0.15, 0.2) is 48.5 Å². The van der Waals surface area contributed by atoms with Crippen molar-refractivity contribution >= 4 is 11.8 Å². The van der Waals surface area contributed by atoms with Crippen molar-refractivity contribution in [1.29, 1.82) is 0 Å². The van der Waals surface area contributed by atoms with Gasteiger partial charge in [0.05, 0.1) is 0 Å². The lowest BCUT2D eigenvalue weighted by Gasteiger charge is -2.16. The fraction of sp³-hybridized carbons (Fsp3) is 0.333. The smallest absolute Gasteiger partial charge is 0.309 e. The van der Waals surface area contributed by atoms with E-state index in [1.165, 1.54) is 0 Å². The Morgan fingerprint density at radius 1 is 0.964 bits per heavy atom. The lowest BCUT2D eigenvalue weighted by atomic mass is 9.93. The summed E-state index contributed by atoms with van der Waals surface area (Å²) in [5.74, 6) is 0.0755. The molecule has 0 aliphatic carbocycles. The van der Waals surface area contributed by atoms with E-state index in [1.54, 1.807) is 12.1 Å². The predicted molar refractivity (Wildman–Crippen MR) is 103 cm³/mol. The molecule has 148 valence electrons. The maximum Gasteiger partial charge on any atom is 0.309 e. The van der Waals surface area contributed by atoms with Crippen molar-refractivity contribution in [2.24, 2.45) is 0 Å².